The molecule has 7 heteroatoms. The fourth-order valence-electron chi connectivity index (χ4n) is 2.43. The van der Waals surface area contributed by atoms with E-state index in [1.54, 1.807) is 19.1 Å². The molecule has 0 spiro atoms. The largest absolute Gasteiger partial charge is 0.463 e. The predicted molar refractivity (Wildman–Crippen MR) is 109 cm³/mol. The van der Waals surface area contributed by atoms with E-state index >= 15 is 0 Å². The van der Waals surface area contributed by atoms with Crippen molar-refractivity contribution in [2.75, 3.05) is 13.2 Å². The first kappa shape index (κ1) is 25.9. The smallest absolute Gasteiger partial charge is 0.305 e. The zero-order valence-electron chi connectivity index (χ0n) is 17.4. The highest BCUT2D eigenvalue weighted by Gasteiger charge is 2.25. The number of amides is 2. The first-order valence-corrected chi connectivity index (χ1v) is 9.83. The van der Waals surface area contributed by atoms with Gasteiger partial charge in [-0.2, -0.15) is 0 Å². The lowest BCUT2D eigenvalue weighted by atomic mass is 9.97. The van der Waals surface area contributed by atoms with Crippen molar-refractivity contribution in [1.82, 2.24) is 10.6 Å². The summed E-state index contributed by atoms with van der Waals surface area (Å²) < 4.78 is 5.29. The molecule has 3 atom stereocenters. The van der Waals surface area contributed by atoms with Crippen molar-refractivity contribution in [2.24, 2.45) is 11.8 Å². The van der Waals surface area contributed by atoms with Crippen molar-refractivity contribution >= 4 is 17.8 Å². The minimum absolute atomic E-state index is 0.00561. The van der Waals surface area contributed by atoms with Gasteiger partial charge in [-0.3, -0.25) is 14.4 Å². The van der Waals surface area contributed by atoms with Crippen LogP contribution in [-0.4, -0.2) is 48.2 Å². The minimum atomic E-state index is -0.576. The maximum absolute atomic E-state index is 12.7. The highest BCUT2D eigenvalue weighted by molar-refractivity contribution is 5.86. The number of aliphatic hydroxyl groups excluding tert-OH is 1. The number of esters is 1. The van der Waals surface area contributed by atoms with Crippen molar-refractivity contribution in [2.45, 2.75) is 65.0 Å². The van der Waals surface area contributed by atoms with E-state index in [2.05, 4.69) is 23.8 Å². The molecule has 0 saturated carbocycles. The van der Waals surface area contributed by atoms with Crippen LogP contribution in [0.5, 0.6) is 0 Å². The summed E-state index contributed by atoms with van der Waals surface area (Å²) in [6.45, 7) is 12.7. The molecule has 0 radical (unpaired) electrons. The van der Waals surface area contributed by atoms with E-state index in [0.29, 0.717) is 19.3 Å². The molecule has 0 aromatic rings. The van der Waals surface area contributed by atoms with E-state index in [1.165, 1.54) is 0 Å². The van der Waals surface area contributed by atoms with Crippen molar-refractivity contribution in [3.05, 3.63) is 25.3 Å². The molecule has 0 saturated heterocycles. The molecular weight excluding hydrogens is 360 g/mol. The van der Waals surface area contributed by atoms with Gasteiger partial charge in [-0.15, -0.1) is 13.2 Å². The maximum atomic E-state index is 12.7. The van der Waals surface area contributed by atoms with Crippen LogP contribution >= 0.6 is 0 Å². The van der Waals surface area contributed by atoms with Gasteiger partial charge in [0.05, 0.1) is 18.6 Å². The van der Waals surface area contributed by atoms with Crippen molar-refractivity contribution in [1.29, 1.82) is 0 Å². The lowest BCUT2D eigenvalue weighted by Crippen LogP contribution is -2.46. The maximum Gasteiger partial charge on any atom is 0.305 e. The first-order chi connectivity index (χ1) is 13.2. The second-order valence-corrected chi connectivity index (χ2v) is 7.30. The van der Waals surface area contributed by atoms with Gasteiger partial charge in [0.15, 0.2) is 0 Å². The third kappa shape index (κ3) is 11.5. The van der Waals surface area contributed by atoms with Gasteiger partial charge in [-0.05, 0) is 32.1 Å². The van der Waals surface area contributed by atoms with Crippen LogP contribution in [0.1, 0.15) is 52.9 Å². The first-order valence-electron chi connectivity index (χ1n) is 9.83. The molecule has 0 fully saturated rings. The van der Waals surface area contributed by atoms with E-state index in [1.807, 2.05) is 13.8 Å². The molecule has 0 heterocycles. The van der Waals surface area contributed by atoms with E-state index in [0.717, 1.165) is 6.42 Å². The molecule has 0 rings (SSSR count). The number of ether oxygens (including phenoxy) is 1. The number of allylic oxidation sites excluding steroid dienone is 2. The second kappa shape index (κ2) is 14.9. The van der Waals surface area contributed by atoms with E-state index in [4.69, 9.17) is 9.84 Å². The van der Waals surface area contributed by atoms with E-state index < -0.39 is 5.92 Å². The predicted octanol–water partition coefficient (Wildman–Crippen LogP) is 2.11. The van der Waals surface area contributed by atoms with Gasteiger partial charge in [0.25, 0.3) is 0 Å². The molecule has 28 heavy (non-hydrogen) atoms. The van der Waals surface area contributed by atoms with Crippen LogP contribution in [0.15, 0.2) is 25.3 Å². The Balaban J connectivity index is 4.73. The SMILES string of the molecule is C=CCCCC(=O)OC[C@@H](NC(=O)[C@H](CC=C)CC(=O)N[C@H](C)CO)C(C)C. The van der Waals surface area contributed by atoms with Crippen LogP contribution < -0.4 is 10.6 Å². The summed E-state index contributed by atoms with van der Waals surface area (Å²) in [5.41, 5.74) is 0. The number of hydrogen-bond donors (Lipinski definition) is 3. The molecule has 0 aromatic carbocycles. The topological polar surface area (TPSA) is 105 Å². The highest BCUT2D eigenvalue weighted by atomic mass is 16.5. The number of hydrogen-bond acceptors (Lipinski definition) is 5. The summed E-state index contributed by atoms with van der Waals surface area (Å²) in [5.74, 6) is -1.42. The zero-order chi connectivity index (χ0) is 21.5. The Bertz CT molecular complexity index is 519. The zero-order valence-corrected chi connectivity index (χ0v) is 17.4. The van der Waals surface area contributed by atoms with Gasteiger partial charge >= 0.3 is 5.97 Å². The van der Waals surface area contributed by atoms with Gasteiger partial charge in [-0.25, -0.2) is 0 Å². The number of aliphatic hydroxyl groups is 1. The summed E-state index contributed by atoms with van der Waals surface area (Å²) in [7, 11) is 0. The van der Waals surface area contributed by atoms with E-state index in [-0.39, 0.29) is 55.4 Å². The minimum Gasteiger partial charge on any atom is -0.463 e. The summed E-state index contributed by atoms with van der Waals surface area (Å²) in [5, 5.41) is 14.5. The van der Waals surface area contributed by atoms with Crippen LogP contribution in [0, 0.1) is 11.8 Å². The third-order valence-corrected chi connectivity index (χ3v) is 4.28. The Morgan fingerprint density at radius 3 is 2.32 bits per heavy atom. The van der Waals surface area contributed by atoms with E-state index in [9.17, 15) is 14.4 Å². The number of unbranched alkanes of at least 4 members (excludes halogenated alkanes) is 1. The Kier molecular flexibility index (Phi) is 13.7. The molecule has 0 aromatic heterocycles. The van der Waals surface area contributed by atoms with Crippen molar-refractivity contribution < 1.29 is 24.2 Å². The molecule has 0 aliphatic heterocycles. The van der Waals surface area contributed by atoms with Gasteiger partial charge in [0, 0.05) is 18.9 Å². The number of carbonyl (C=O) groups is 3. The molecule has 3 N–H and O–H groups in total. The molecule has 0 aliphatic rings. The Labute approximate surface area is 168 Å². The van der Waals surface area contributed by atoms with Gasteiger partial charge < -0.3 is 20.5 Å². The number of nitrogens with one attached hydrogen (secondary N) is 2. The van der Waals surface area contributed by atoms with Crippen molar-refractivity contribution in [3.63, 3.8) is 0 Å². The molecular formula is C21H36N2O5. The summed E-state index contributed by atoms with van der Waals surface area (Å²) >= 11 is 0. The lowest BCUT2D eigenvalue weighted by molar-refractivity contribution is -0.145. The molecule has 7 nitrogen and oxygen atoms in total. The third-order valence-electron chi connectivity index (χ3n) is 4.28. The van der Waals surface area contributed by atoms with Crippen LogP contribution in [0.4, 0.5) is 0 Å². The van der Waals surface area contributed by atoms with Gasteiger partial charge in [-0.1, -0.05) is 26.0 Å². The second-order valence-electron chi connectivity index (χ2n) is 7.30. The summed E-state index contributed by atoms with van der Waals surface area (Å²) in [6, 6.07) is -0.716. The molecule has 160 valence electrons. The van der Waals surface area contributed by atoms with Crippen LogP contribution in [0.2, 0.25) is 0 Å². The van der Waals surface area contributed by atoms with Crippen molar-refractivity contribution in [3.8, 4) is 0 Å². The monoisotopic (exact) mass is 396 g/mol. The molecule has 2 amide bonds. The number of rotatable bonds is 15. The molecule has 0 unspecified atom stereocenters. The summed E-state index contributed by atoms with van der Waals surface area (Å²) in [6.07, 6.45) is 5.43. The molecule has 0 aliphatic carbocycles. The number of carbonyl (C=O) groups excluding carboxylic acids is 3. The normalized spacial score (nSPS) is 13.9. The average molecular weight is 397 g/mol. The van der Waals surface area contributed by atoms with Gasteiger partial charge in [0.1, 0.15) is 6.61 Å². The molecule has 0 bridgehead atoms. The standard InChI is InChI=1S/C21H36N2O5/c1-6-8-9-11-20(26)28-14-18(15(3)4)23-21(27)17(10-7-2)12-19(25)22-16(5)13-24/h6-7,15-18,24H,1-2,8-14H2,3-5H3,(H,22,25)(H,23,27)/t16-,17-,18-/m1/s1. The fraction of sp³-hybridized carbons (Fsp3) is 0.667. The average Bonchev–Trinajstić information content (AvgIpc) is 2.64. The Hall–Kier alpha value is -2.15. The van der Waals surface area contributed by atoms with Crippen LogP contribution in [0.3, 0.4) is 0 Å². The highest BCUT2D eigenvalue weighted by Crippen LogP contribution is 2.13. The summed E-state index contributed by atoms with van der Waals surface area (Å²) in [4.78, 5) is 36.5. The van der Waals surface area contributed by atoms with Crippen LogP contribution in [-0.2, 0) is 19.1 Å². The Morgan fingerprint density at radius 2 is 1.79 bits per heavy atom. The quantitative estimate of drug-likeness (QED) is 0.223. The van der Waals surface area contributed by atoms with Crippen LogP contribution in [0.25, 0.3) is 0 Å². The lowest BCUT2D eigenvalue weighted by Gasteiger charge is -2.25. The fourth-order valence-corrected chi connectivity index (χ4v) is 2.43. The Morgan fingerprint density at radius 1 is 1.11 bits per heavy atom. The van der Waals surface area contributed by atoms with Gasteiger partial charge in [0.2, 0.25) is 11.8 Å².